The fourth-order valence-electron chi connectivity index (χ4n) is 2.58. The van der Waals surface area contributed by atoms with Crippen LogP contribution in [0.15, 0.2) is 36.7 Å². The molecular formula is C15H19N3. The van der Waals surface area contributed by atoms with Gasteiger partial charge in [-0.2, -0.15) is 0 Å². The second kappa shape index (κ2) is 5.04. The first-order valence-corrected chi connectivity index (χ1v) is 6.60. The lowest BCUT2D eigenvalue weighted by atomic mass is 10.1. The molecule has 0 amide bonds. The van der Waals surface area contributed by atoms with Crippen molar-refractivity contribution >= 4 is 10.8 Å². The number of piperazine rings is 1. The van der Waals surface area contributed by atoms with Gasteiger partial charge in [0, 0.05) is 50.0 Å². The zero-order valence-corrected chi connectivity index (χ0v) is 10.8. The van der Waals surface area contributed by atoms with Gasteiger partial charge in [-0.15, -0.1) is 0 Å². The van der Waals surface area contributed by atoms with Crippen LogP contribution in [0.1, 0.15) is 12.5 Å². The van der Waals surface area contributed by atoms with Gasteiger partial charge in [0.05, 0.1) is 0 Å². The van der Waals surface area contributed by atoms with Crippen LogP contribution < -0.4 is 5.32 Å². The van der Waals surface area contributed by atoms with Crippen LogP contribution in [-0.4, -0.2) is 35.6 Å². The summed E-state index contributed by atoms with van der Waals surface area (Å²) in [4.78, 5) is 6.69. The lowest BCUT2D eigenvalue weighted by Gasteiger charge is -2.33. The molecule has 3 rings (SSSR count). The first-order valence-electron chi connectivity index (χ1n) is 6.60. The lowest BCUT2D eigenvalue weighted by Crippen LogP contribution is -2.49. The second-order valence-corrected chi connectivity index (χ2v) is 5.08. The van der Waals surface area contributed by atoms with Crippen molar-refractivity contribution in [2.24, 2.45) is 0 Å². The van der Waals surface area contributed by atoms with Crippen molar-refractivity contribution in [3.8, 4) is 0 Å². The Bertz CT molecular complexity index is 538. The number of rotatable bonds is 2. The molecule has 0 aliphatic carbocycles. The molecule has 0 saturated carbocycles. The largest absolute Gasteiger partial charge is 0.314 e. The fraction of sp³-hybridized carbons (Fsp3) is 0.400. The summed E-state index contributed by atoms with van der Waals surface area (Å²) in [6.45, 7) is 6.66. The molecule has 3 nitrogen and oxygen atoms in total. The minimum Gasteiger partial charge on any atom is -0.314 e. The molecule has 1 aliphatic rings. The van der Waals surface area contributed by atoms with Gasteiger partial charge >= 0.3 is 0 Å². The van der Waals surface area contributed by atoms with Gasteiger partial charge in [0.2, 0.25) is 0 Å². The predicted octanol–water partition coefficient (Wildman–Crippen LogP) is 2.03. The molecule has 1 atom stereocenters. The average Bonchev–Trinajstić information content (AvgIpc) is 2.41. The monoisotopic (exact) mass is 241 g/mol. The summed E-state index contributed by atoms with van der Waals surface area (Å²) in [5.41, 5.74) is 1.39. The van der Waals surface area contributed by atoms with Crippen LogP contribution in [0.25, 0.3) is 10.8 Å². The average molecular weight is 241 g/mol. The molecule has 18 heavy (non-hydrogen) atoms. The highest BCUT2D eigenvalue weighted by Gasteiger charge is 2.17. The number of aromatic nitrogens is 1. The van der Waals surface area contributed by atoms with Crippen molar-refractivity contribution in [1.82, 2.24) is 15.2 Å². The summed E-state index contributed by atoms with van der Waals surface area (Å²) < 4.78 is 0. The zero-order valence-electron chi connectivity index (χ0n) is 10.8. The number of fused-ring (bicyclic) bond motifs is 1. The third-order valence-corrected chi connectivity index (χ3v) is 3.73. The van der Waals surface area contributed by atoms with E-state index >= 15 is 0 Å². The Balaban J connectivity index is 1.81. The van der Waals surface area contributed by atoms with E-state index in [4.69, 9.17) is 0 Å². The normalized spacial score (nSPS) is 21.3. The Morgan fingerprint density at radius 3 is 3.17 bits per heavy atom. The van der Waals surface area contributed by atoms with Gasteiger partial charge in [0.25, 0.3) is 0 Å². The van der Waals surface area contributed by atoms with Gasteiger partial charge in [-0.1, -0.05) is 12.1 Å². The Morgan fingerprint density at radius 2 is 2.28 bits per heavy atom. The Kier molecular flexibility index (Phi) is 3.26. The summed E-state index contributed by atoms with van der Waals surface area (Å²) in [6, 6.07) is 9.38. The summed E-state index contributed by atoms with van der Waals surface area (Å²) in [5.74, 6) is 0. The fourth-order valence-corrected chi connectivity index (χ4v) is 2.58. The molecule has 94 valence electrons. The molecule has 1 aromatic carbocycles. The lowest BCUT2D eigenvalue weighted by molar-refractivity contribution is 0.166. The number of benzene rings is 1. The Morgan fingerprint density at radius 1 is 1.33 bits per heavy atom. The van der Waals surface area contributed by atoms with E-state index in [1.54, 1.807) is 0 Å². The molecule has 1 saturated heterocycles. The van der Waals surface area contributed by atoms with Gasteiger partial charge < -0.3 is 5.32 Å². The molecule has 1 fully saturated rings. The van der Waals surface area contributed by atoms with E-state index in [2.05, 4.69) is 46.4 Å². The van der Waals surface area contributed by atoms with E-state index in [1.165, 1.54) is 16.3 Å². The van der Waals surface area contributed by atoms with Crippen LogP contribution in [0.4, 0.5) is 0 Å². The van der Waals surface area contributed by atoms with Gasteiger partial charge in [-0.25, -0.2) is 0 Å². The number of nitrogens with one attached hydrogen (secondary N) is 1. The van der Waals surface area contributed by atoms with Crippen molar-refractivity contribution in [1.29, 1.82) is 0 Å². The molecule has 0 bridgehead atoms. The highest BCUT2D eigenvalue weighted by atomic mass is 15.2. The minimum atomic E-state index is 0.617. The summed E-state index contributed by atoms with van der Waals surface area (Å²) in [7, 11) is 0. The summed E-state index contributed by atoms with van der Waals surface area (Å²) >= 11 is 0. The zero-order chi connectivity index (χ0) is 12.4. The highest BCUT2D eigenvalue weighted by Crippen LogP contribution is 2.17. The first kappa shape index (κ1) is 11.6. The maximum absolute atomic E-state index is 4.15. The van der Waals surface area contributed by atoms with Crippen molar-refractivity contribution in [3.63, 3.8) is 0 Å². The number of hydrogen-bond donors (Lipinski definition) is 1. The van der Waals surface area contributed by atoms with Crippen LogP contribution in [0.2, 0.25) is 0 Å². The van der Waals surface area contributed by atoms with Gasteiger partial charge in [-0.3, -0.25) is 9.88 Å². The van der Waals surface area contributed by atoms with Crippen LogP contribution in [-0.2, 0) is 6.54 Å². The van der Waals surface area contributed by atoms with E-state index in [-0.39, 0.29) is 0 Å². The van der Waals surface area contributed by atoms with E-state index < -0.39 is 0 Å². The number of hydrogen-bond acceptors (Lipinski definition) is 3. The van der Waals surface area contributed by atoms with E-state index in [9.17, 15) is 0 Å². The quantitative estimate of drug-likeness (QED) is 0.872. The van der Waals surface area contributed by atoms with Crippen molar-refractivity contribution in [2.75, 3.05) is 19.6 Å². The molecule has 0 unspecified atom stereocenters. The molecule has 1 N–H and O–H groups in total. The number of pyridine rings is 1. The Labute approximate surface area is 108 Å². The third-order valence-electron chi connectivity index (χ3n) is 3.73. The van der Waals surface area contributed by atoms with E-state index in [1.807, 2.05) is 12.4 Å². The highest BCUT2D eigenvalue weighted by molar-refractivity contribution is 5.81. The molecule has 2 heterocycles. The number of nitrogens with zero attached hydrogens (tertiary/aromatic N) is 2. The smallest absolute Gasteiger partial charge is 0.0346 e. The topological polar surface area (TPSA) is 28.2 Å². The van der Waals surface area contributed by atoms with Gasteiger partial charge in [-0.05, 0) is 30.0 Å². The van der Waals surface area contributed by atoms with Crippen molar-refractivity contribution in [2.45, 2.75) is 19.5 Å². The Hall–Kier alpha value is -1.45. The van der Waals surface area contributed by atoms with Crippen molar-refractivity contribution in [3.05, 3.63) is 42.2 Å². The van der Waals surface area contributed by atoms with Crippen molar-refractivity contribution < 1.29 is 0 Å². The maximum atomic E-state index is 4.15. The molecule has 0 radical (unpaired) electrons. The molecular weight excluding hydrogens is 222 g/mol. The van der Waals surface area contributed by atoms with Crippen LogP contribution in [0.5, 0.6) is 0 Å². The minimum absolute atomic E-state index is 0.617. The van der Waals surface area contributed by atoms with Crippen LogP contribution in [0, 0.1) is 0 Å². The predicted molar refractivity (Wildman–Crippen MR) is 74.5 cm³/mol. The van der Waals surface area contributed by atoms with Crippen LogP contribution in [0.3, 0.4) is 0 Å². The first-order chi connectivity index (χ1) is 8.83. The SMILES string of the molecule is C[C@H]1CNCCN1Cc1ccc2cnccc2c1. The summed E-state index contributed by atoms with van der Waals surface area (Å²) in [5, 5.41) is 5.93. The molecule has 1 aromatic heterocycles. The molecule has 0 spiro atoms. The van der Waals surface area contributed by atoms with Gasteiger partial charge in [0.15, 0.2) is 0 Å². The van der Waals surface area contributed by atoms with E-state index in [0.29, 0.717) is 6.04 Å². The van der Waals surface area contributed by atoms with Crippen LogP contribution >= 0.6 is 0 Å². The summed E-state index contributed by atoms with van der Waals surface area (Å²) in [6.07, 6.45) is 3.78. The molecule has 2 aromatic rings. The standard InChI is InChI=1S/C15H19N3/c1-12-9-17-6-7-18(12)11-13-2-3-15-10-16-5-4-14(15)8-13/h2-5,8,10,12,17H,6-7,9,11H2,1H3/t12-/m0/s1. The van der Waals surface area contributed by atoms with Gasteiger partial charge in [0.1, 0.15) is 0 Å². The second-order valence-electron chi connectivity index (χ2n) is 5.08. The maximum Gasteiger partial charge on any atom is 0.0346 e. The molecule has 1 aliphatic heterocycles. The molecule has 3 heteroatoms. The third kappa shape index (κ3) is 2.37. The van der Waals surface area contributed by atoms with E-state index in [0.717, 1.165) is 26.2 Å².